The molecule has 0 fully saturated rings. The van der Waals surface area contributed by atoms with Crippen molar-refractivity contribution < 1.29 is 9.53 Å². The molecule has 0 saturated heterocycles. The molecule has 92 valence electrons. The first-order chi connectivity index (χ1) is 8.39. The molecule has 0 spiro atoms. The van der Waals surface area contributed by atoms with Crippen LogP contribution in [0.4, 0.5) is 4.79 Å². The minimum atomic E-state index is -0.522. The Hall–Kier alpha value is -2.28. The zero-order chi connectivity index (χ0) is 13.3. The third kappa shape index (κ3) is 2.51. The summed E-state index contributed by atoms with van der Waals surface area (Å²) in [6, 6.07) is 7.35. The highest BCUT2D eigenvalue weighted by Gasteiger charge is 2.17. The number of hydrogen-bond donors (Lipinski definition) is 0. The van der Waals surface area contributed by atoms with Gasteiger partial charge in [-0.2, -0.15) is 5.26 Å². The van der Waals surface area contributed by atoms with Gasteiger partial charge in [0.2, 0.25) is 0 Å². The topological polar surface area (TPSA) is 55.0 Å². The van der Waals surface area contributed by atoms with E-state index in [0.29, 0.717) is 5.56 Å². The average Bonchev–Trinajstić information content (AvgIpc) is 2.69. The molecule has 0 atom stereocenters. The van der Waals surface area contributed by atoms with Crippen molar-refractivity contribution in [2.45, 2.75) is 26.4 Å². The Kier molecular flexibility index (Phi) is 2.84. The van der Waals surface area contributed by atoms with Crippen molar-refractivity contribution in [3.8, 4) is 6.07 Å². The Morgan fingerprint density at radius 1 is 1.28 bits per heavy atom. The van der Waals surface area contributed by atoms with Crippen LogP contribution in [0.1, 0.15) is 26.3 Å². The monoisotopic (exact) mass is 242 g/mol. The van der Waals surface area contributed by atoms with Crippen LogP contribution in [0.5, 0.6) is 0 Å². The summed E-state index contributed by atoms with van der Waals surface area (Å²) in [7, 11) is 0. The molecule has 1 aromatic heterocycles. The van der Waals surface area contributed by atoms with Gasteiger partial charge < -0.3 is 4.74 Å². The lowest BCUT2D eigenvalue weighted by molar-refractivity contribution is 0.0538. The fourth-order valence-electron chi connectivity index (χ4n) is 1.63. The molecule has 0 unspecified atom stereocenters. The summed E-state index contributed by atoms with van der Waals surface area (Å²) in [5.74, 6) is 0. The number of nitriles is 1. The molecular formula is C14H14N2O2. The van der Waals surface area contributed by atoms with Crippen molar-refractivity contribution in [3.63, 3.8) is 0 Å². The number of aromatic nitrogens is 1. The number of hydrogen-bond acceptors (Lipinski definition) is 3. The minimum absolute atomic E-state index is 0.419. The van der Waals surface area contributed by atoms with Crippen LogP contribution in [0.15, 0.2) is 30.6 Å². The van der Waals surface area contributed by atoms with Gasteiger partial charge in [-0.3, -0.25) is 4.57 Å². The molecule has 0 saturated carbocycles. The molecule has 2 aromatic rings. The molecule has 0 amide bonds. The Labute approximate surface area is 105 Å². The average molecular weight is 242 g/mol. The molecule has 0 radical (unpaired) electrons. The van der Waals surface area contributed by atoms with Crippen molar-refractivity contribution in [1.29, 1.82) is 5.26 Å². The van der Waals surface area contributed by atoms with E-state index in [0.717, 1.165) is 10.8 Å². The minimum Gasteiger partial charge on any atom is -0.443 e. The zero-order valence-electron chi connectivity index (χ0n) is 10.6. The van der Waals surface area contributed by atoms with Crippen LogP contribution < -0.4 is 0 Å². The summed E-state index contributed by atoms with van der Waals surface area (Å²) in [5, 5.41) is 10.6. The predicted octanol–water partition coefficient (Wildman–Crippen LogP) is 3.30. The van der Waals surface area contributed by atoms with Crippen LogP contribution >= 0.6 is 0 Å². The molecule has 1 heterocycles. The van der Waals surface area contributed by atoms with Crippen molar-refractivity contribution in [1.82, 2.24) is 4.57 Å². The number of nitrogens with zero attached hydrogens (tertiary/aromatic N) is 2. The summed E-state index contributed by atoms with van der Waals surface area (Å²) in [4.78, 5) is 11.9. The zero-order valence-corrected chi connectivity index (χ0v) is 10.6. The van der Waals surface area contributed by atoms with Gasteiger partial charge in [0.1, 0.15) is 5.60 Å². The van der Waals surface area contributed by atoms with Gasteiger partial charge in [0, 0.05) is 23.2 Å². The van der Waals surface area contributed by atoms with E-state index in [1.807, 2.05) is 26.8 Å². The van der Waals surface area contributed by atoms with E-state index in [2.05, 4.69) is 6.07 Å². The van der Waals surface area contributed by atoms with E-state index in [1.54, 1.807) is 24.5 Å². The van der Waals surface area contributed by atoms with Gasteiger partial charge in [0.15, 0.2) is 0 Å². The number of carbonyl (C=O) groups excluding carboxylic acids is 1. The third-order valence-corrected chi connectivity index (χ3v) is 2.38. The lowest BCUT2D eigenvalue weighted by atomic mass is 10.1. The molecular weight excluding hydrogens is 228 g/mol. The number of rotatable bonds is 0. The third-order valence-electron chi connectivity index (χ3n) is 2.38. The molecule has 0 N–H and O–H groups in total. The molecule has 4 nitrogen and oxygen atoms in total. The lowest BCUT2D eigenvalue weighted by Gasteiger charge is -2.19. The number of fused-ring (bicyclic) bond motifs is 1. The highest BCUT2D eigenvalue weighted by atomic mass is 16.6. The smallest absolute Gasteiger partial charge is 0.418 e. The van der Waals surface area contributed by atoms with Crippen LogP contribution in [-0.2, 0) is 4.74 Å². The number of ether oxygens (including phenoxy) is 1. The first-order valence-electron chi connectivity index (χ1n) is 5.64. The second kappa shape index (κ2) is 4.19. The Bertz CT molecular complexity index is 642. The Morgan fingerprint density at radius 2 is 1.94 bits per heavy atom. The SMILES string of the molecule is CC(C)(C)OC(=O)n1cc2ccc(C#N)cc2c1. The standard InChI is InChI=1S/C14H14N2O2/c1-14(2,3)18-13(17)16-8-11-5-4-10(7-15)6-12(11)9-16/h4-6,8-9H,1-3H3. The van der Waals surface area contributed by atoms with Gasteiger partial charge in [-0.1, -0.05) is 6.07 Å². The predicted molar refractivity (Wildman–Crippen MR) is 68.3 cm³/mol. The molecule has 0 aliphatic heterocycles. The molecule has 4 heteroatoms. The van der Waals surface area contributed by atoms with Crippen LogP contribution in [0.2, 0.25) is 0 Å². The Balaban J connectivity index is 2.36. The fraction of sp³-hybridized carbons (Fsp3) is 0.286. The highest BCUT2D eigenvalue weighted by Crippen LogP contribution is 2.18. The van der Waals surface area contributed by atoms with Gasteiger partial charge in [0.05, 0.1) is 11.6 Å². The molecule has 1 aromatic carbocycles. The maximum Gasteiger partial charge on any atom is 0.418 e. The maximum absolute atomic E-state index is 11.9. The maximum atomic E-state index is 11.9. The van der Waals surface area contributed by atoms with Crippen LogP contribution in [-0.4, -0.2) is 16.3 Å². The lowest BCUT2D eigenvalue weighted by Crippen LogP contribution is -2.26. The van der Waals surface area contributed by atoms with Crippen molar-refractivity contribution in [2.75, 3.05) is 0 Å². The molecule has 18 heavy (non-hydrogen) atoms. The largest absolute Gasteiger partial charge is 0.443 e. The summed E-state index contributed by atoms with van der Waals surface area (Å²) in [6.45, 7) is 5.46. The molecule has 0 aliphatic rings. The molecule has 0 aliphatic carbocycles. The molecule has 0 bridgehead atoms. The quantitative estimate of drug-likeness (QED) is 0.712. The van der Waals surface area contributed by atoms with Gasteiger partial charge in [-0.05, 0) is 32.9 Å². The van der Waals surface area contributed by atoms with Gasteiger partial charge >= 0.3 is 6.09 Å². The summed E-state index contributed by atoms with van der Waals surface area (Å²) < 4.78 is 6.67. The number of benzene rings is 1. The van der Waals surface area contributed by atoms with Gasteiger partial charge in [0.25, 0.3) is 0 Å². The van der Waals surface area contributed by atoms with Crippen LogP contribution in [0, 0.1) is 11.3 Å². The van der Waals surface area contributed by atoms with Gasteiger partial charge in [-0.25, -0.2) is 4.79 Å². The normalized spacial score (nSPS) is 11.2. The second-order valence-corrected chi connectivity index (χ2v) is 5.10. The first-order valence-corrected chi connectivity index (χ1v) is 5.64. The van der Waals surface area contributed by atoms with Crippen molar-refractivity contribution in [3.05, 3.63) is 36.2 Å². The van der Waals surface area contributed by atoms with Crippen molar-refractivity contribution in [2.24, 2.45) is 0 Å². The molecule has 2 rings (SSSR count). The van der Waals surface area contributed by atoms with E-state index in [-0.39, 0.29) is 0 Å². The summed E-state index contributed by atoms with van der Waals surface area (Å²) >= 11 is 0. The fourth-order valence-corrected chi connectivity index (χ4v) is 1.63. The van der Waals surface area contributed by atoms with E-state index in [4.69, 9.17) is 10.00 Å². The highest BCUT2D eigenvalue weighted by molar-refractivity contribution is 5.87. The van der Waals surface area contributed by atoms with E-state index in [9.17, 15) is 4.79 Å². The first kappa shape index (κ1) is 12.2. The van der Waals surface area contributed by atoms with E-state index in [1.165, 1.54) is 4.57 Å². The van der Waals surface area contributed by atoms with E-state index < -0.39 is 11.7 Å². The van der Waals surface area contributed by atoms with Gasteiger partial charge in [-0.15, -0.1) is 0 Å². The van der Waals surface area contributed by atoms with Crippen molar-refractivity contribution >= 4 is 16.9 Å². The second-order valence-electron chi connectivity index (χ2n) is 5.10. The van der Waals surface area contributed by atoms with Crippen LogP contribution in [0.3, 0.4) is 0 Å². The van der Waals surface area contributed by atoms with Crippen LogP contribution in [0.25, 0.3) is 10.8 Å². The summed E-state index contributed by atoms with van der Waals surface area (Å²) in [6.07, 6.45) is 2.95. The number of carbonyl (C=O) groups is 1. The van der Waals surface area contributed by atoms with E-state index >= 15 is 0 Å². The summed E-state index contributed by atoms with van der Waals surface area (Å²) in [5.41, 5.74) is 0.0511. The Morgan fingerprint density at radius 3 is 2.56 bits per heavy atom.